The van der Waals surface area contributed by atoms with Crippen molar-refractivity contribution < 1.29 is 4.42 Å². The first-order valence-corrected chi connectivity index (χ1v) is 23.1. The van der Waals surface area contributed by atoms with Crippen LogP contribution in [0.5, 0.6) is 0 Å². The molecule has 2 heteroatoms. The van der Waals surface area contributed by atoms with E-state index in [9.17, 15) is 0 Å². The molecule has 0 radical (unpaired) electrons. The van der Waals surface area contributed by atoms with Gasteiger partial charge in [-0.1, -0.05) is 200 Å². The first kappa shape index (κ1) is 38.7. The molecule has 0 N–H and O–H groups in total. The number of nitrogens with zero attached hydrogens (tertiary/aromatic N) is 1. The van der Waals surface area contributed by atoms with Gasteiger partial charge in [0.2, 0.25) is 0 Å². The Morgan fingerprint density at radius 2 is 0.836 bits per heavy atom. The molecule has 13 rings (SSSR count). The predicted molar refractivity (Wildman–Crippen MR) is 280 cm³/mol. The fraction of sp³-hybridized carbons (Fsp3) is 0.0154. The Balaban J connectivity index is 1.11. The van der Waals surface area contributed by atoms with E-state index in [1.807, 2.05) is 0 Å². The van der Waals surface area contributed by atoms with Gasteiger partial charge in [-0.2, -0.15) is 0 Å². The van der Waals surface area contributed by atoms with Crippen LogP contribution >= 0.6 is 0 Å². The van der Waals surface area contributed by atoms with Gasteiger partial charge in [0.15, 0.2) is 0 Å². The highest BCUT2D eigenvalue weighted by Crippen LogP contribution is 2.57. The number of fused-ring (bicyclic) bond motifs is 8. The van der Waals surface area contributed by atoms with Gasteiger partial charge >= 0.3 is 0 Å². The second-order valence-corrected chi connectivity index (χ2v) is 17.6. The molecule has 0 saturated carbocycles. The summed E-state index contributed by atoms with van der Waals surface area (Å²) in [7, 11) is 0. The van der Waals surface area contributed by atoms with Crippen LogP contribution in [0, 0.1) is 0 Å². The van der Waals surface area contributed by atoms with Crippen molar-refractivity contribution in [3.8, 4) is 44.5 Å². The second-order valence-electron chi connectivity index (χ2n) is 17.6. The molecule has 0 spiro atoms. The highest BCUT2D eigenvalue weighted by Gasteiger charge is 2.46. The van der Waals surface area contributed by atoms with Gasteiger partial charge in [0.05, 0.1) is 5.41 Å². The normalized spacial score (nSPS) is 12.6. The molecule has 67 heavy (non-hydrogen) atoms. The number of hydrogen-bond donors (Lipinski definition) is 0. The van der Waals surface area contributed by atoms with E-state index < -0.39 is 5.41 Å². The second kappa shape index (κ2) is 15.8. The van der Waals surface area contributed by atoms with Crippen molar-refractivity contribution in [2.24, 2.45) is 0 Å². The summed E-state index contributed by atoms with van der Waals surface area (Å²) in [6.07, 6.45) is 0. The van der Waals surface area contributed by atoms with Gasteiger partial charge < -0.3 is 9.32 Å². The van der Waals surface area contributed by atoms with Gasteiger partial charge in [-0.3, -0.25) is 0 Å². The van der Waals surface area contributed by atoms with E-state index in [0.717, 1.165) is 83.2 Å². The van der Waals surface area contributed by atoms with Gasteiger partial charge in [0.1, 0.15) is 11.2 Å². The minimum absolute atomic E-state index is 0.546. The van der Waals surface area contributed by atoms with E-state index in [4.69, 9.17) is 4.42 Å². The van der Waals surface area contributed by atoms with Gasteiger partial charge in [-0.15, -0.1) is 0 Å². The quantitative estimate of drug-likeness (QED) is 0.151. The van der Waals surface area contributed by atoms with E-state index in [1.165, 1.54) is 33.4 Å². The maximum Gasteiger partial charge on any atom is 0.143 e. The third kappa shape index (κ3) is 6.26. The standard InChI is InChI=1S/C65H43NO/c1-6-20-44(21-7-1)47-38-48(45-22-8-2-9-23-45)40-49(39-47)59-41-54(42-60-58-36-34-46-24-16-17-31-55(46)63(58)67-64(59)60)66(52-29-14-5-15-30-52)53-35-37-57-56-32-18-19-33-61(56)65(62(57)43-53,50-25-10-3-11-26-50)51-27-12-4-13-28-51/h1-43H. The topological polar surface area (TPSA) is 16.4 Å². The third-order valence-electron chi connectivity index (χ3n) is 13.9. The molecule has 0 saturated heterocycles. The molecule has 0 amide bonds. The summed E-state index contributed by atoms with van der Waals surface area (Å²) >= 11 is 0. The molecule has 314 valence electrons. The van der Waals surface area contributed by atoms with Crippen LogP contribution in [0.4, 0.5) is 17.1 Å². The molecule has 0 aliphatic heterocycles. The number of furan rings is 1. The Morgan fingerprint density at radius 1 is 0.284 bits per heavy atom. The summed E-state index contributed by atoms with van der Waals surface area (Å²) < 4.78 is 7.19. The van der Waals surface area contributed by atoms with Gasteiger partial charge in [0, 0.05) is 38.8 Å². The molecule has 1 heterocycles. The Kier molecular flexibility index (Phi) is 9.11. The van der Waals surface area contributed by atoms with Crippen LogP contribution in [0.15, 0.2) is 265 Å². The number of para-hydroxylation sites is 1. The maximum absolute atomic E-state index is 7.19. The predicted octanol–water partition coefficient (Wildman–Crippen LogP) is 17.6. The van der Waals surface area contributed by atoms with Gasteiger partial charge in [-0.05, 0) is 127 Å². The average molecular weight is 854 g/mol. The Morgan fingerprint density at radius 3 is 1.51 bits per heavy atom. The number of rotatable bonds is 8. The molecule has 1 aromatic heterocycles. The highest BCUT2D eigenvalue weighted by molar-refractivity contribution is 6.18. The highest BCUT2D eigenvalue weighted by atomic mass is 16.3. The lowest BCUT2D eigenvalue weighted by atomic mass is 9.67. The first-order chi connectivity index (χ1) is 33.2. The number of benzene rings is 11. The van der Waals surface area contributed by atoms with E-state index in [2.05, 4.69) is 266 Å². The fourth-order valence-corrected chi connectivity index (χ4v) is 10.9. The molecular weight excluding hydrogens is 811 g/mol. The summed E-state index contributed by atoms with van der Waals surface area (Å²) in [6.45, 7) is 0. The Labute approximate surface area is 390 Å². The molecule has 11 aromatic carbocycles. The molecule has 0 unspecified atom stereocenters. The van der Waals surface area contributed by atoms with Crippen molar-refractivity contribution in [3.05, 3.63) is 283 Å². The summed E-state index contributed by atoms with van der Waals surface area (Å²) in [5, 5.41) is 4.41. The zero-order valence-corrected chi connectivity index (χ0v) is 36.7. The Bertz CT molecular complexity index is 3690. The van der Waals surface area contributed by atoms with Crippen LogP contribution in [0.2, 0.25) is 0 Å². The van der Waals surface area contributed by atoms with Crippen molar-refractivity contribution >= 4 is 49.8 Å². The monoisotopic (exact) mass is 853 g/mol. The molecule has 0 fully saturated rings. The van der Waals surface area contributed by atoms with E-state index >= 15 is 0 Å². The lowest BCUT2D eigenvalue weighted by Crippen LogP contribution is -2.28. The minimum Gasteiger partial charge on any atom is -0.455 e. The van der Waals surface area contributed by atoms with Gasteiger partial charge in [-0.25, -0.2) is 0 Å². The van der Waals surface area contributed by atoms with Crippen LogP contribution in [0.1, 0.15) is 22.3 Å². The molecule has 2 nitrogen and oxygen atoms in total. The molecule has 0 atom stereocenters. The summed E-state index contributed by atoms with van der Waals surface area (Å²) in [4.78, 5) is 2.44. The van der Waals surface area contributed by atoms with Crippen molar-refractivity contribution in [1.29, 1.82) is 0 Å². The summed E-state index contributed by atoms with van der Waals surface area (Å²) in [6, 6.07) is 95.1. The zero-order chi connectivity index (χ0) is 44.3. The smallest absolute Gasteiger partial charge is 0.143 e. The molecular formula is C65H43NO. The number of hydrogen-bond acceptors (Lipinski definition) is 2. The van der Waals surface area contributed by atoms with Crippen molar-refractivity contribution in [3.63, 3.8) is 0 Å². The summed E-state index contributed by atoms with van der Waals surface area (Å²) in [5.74, 6) is 0. The largest absolute Gasteiger partial charge is 0.455 e. The molecule has 12 aromatic rings. The van der Waals surface area contributed by atoms with Gasteiger partial charge in [0.25, 0.3) is 0 Å². The SMILES string of the molecule is c1ccc(-c2cc(-c3ccccc3)cc(-c3cc(N(c4ccccc4)c4ccc5c(c4)C(c4ccccc4)(c4ccccc4)c4ccccc4-5)cc4c3oc3c5ccccc5ccc43)c2)cc1. The molecule has 1 aliphatic rings. The lowest BCUT2D eigenvalue weighted by molar-refractivity contribution is 0.674. The van der Waals surface area contributed by atoms with Crippen LogP contribution in [0.25, 0.3) is 77.2 Å². The minimum atomic E-state index is -0.546. The fourth-order valence-electron chi connectivity index (χ4n) is 10.9. The van der Waals surface area contributed by atoms with Crippen LogP contribution in [0.3, 0.4) is 0 Å². The third-order valence-corrected chi connectivity index (χ3v) is 13.9. The van der Waals surface area contributed by atoms with Crippen LogP contribution in [-0.2, 0) is 5.41 Å². The summed E-state index contributed by atoms with van der Waals surface area (Å²) in [5.41, 5.74) is 18.6. The van der Waals surface area contributed by atoms with E-state index in [1.54, 1.807) is 0 Å². The van der Waals surface area contributed by atoms with E-state index in [0.29, 0.717) is 0 Å². The first-order valence-electron chi connectivity index (χ1n) is 23.1. The van der Waals surface area contributed by atoms with Crippen molar-refractivity contribution in [1.82, 2.24) is 0 Å². The van der Waals surface area contributed by atoms with Crippen molar-refractivity contribution in [2.45, 2.75) is 5.41 Å². The average Bonchev–Trinajstić information content (AvgIpc) is 3.94. The molecule has 0 bridgehead atoms. The van der Waals surface area contributed by atoms with E-state index in [-0.39, 0.29) is 0 Å². The lowest BCUT2D eigenvalue weighted by Gasteiger charge is -2.35. The maximum atomic E-state index is 7.19. The van der Waals surface area contributed by atoms with Crippen LogP contribution < -0.4 is 4.90 Å². The zero-order valence-electron chi connectivity index (χ0n) is 36.7. The van der Waals surface area contributed by atoms with Crippen molar-refractivity contribution in [2.75, 3.05) is 4.90 Å². The molecule has 1 aliphatic carbocycles. The number of anilines is 3. The van der Waals surface area contributed by atoms with Crippen LogP contribution in [-0.4, -0.2) is 0 Å². The Hall–Kier alpha value is -8.72.